The molecule has 0 aliphatic heterocycles. The van der Waals surface area contributed by atoms with Crippen molar-refractivity contribution in [1.82, 2.24) is 0 Å². The highest BCUT2D eigenvalue weighted by Crippen LogP contribution is 2.40. The van der Waals surface area contributed by atoms with Crippen molar-refractivity contribution in [2.45, 2.75) is 77.2 Å². The van der Waals surface area contributed by atoms with Crippen molar-refractivity contribution in [3.05, 3.63) is 0 Å². The van der Waals surface area contributed by atoms with E-state index < -0.39 is 0 Å². The Morgan fingerprint density at radius 3 is 2.10 bits per heavy atom. The van der Waals surface area contributed by atoms with Gasteiger partial charge in [-0.05, 0) is 69.6 Å². The second kappa shape index (κ2) is 7.67. The Kier molecular flexibility index (Phi) is 5.88. The van der Waals surface area contributed by atoms with Crippen molar-refractivity contribution in [3.63, 3.8) is 0 Å². The zero-order valence-corrected chi connectivity index (χ0v) is 12.6. The highest BCUT2D eigenvalue weighted by Gasteiger charge is 2.31. The summed E-state index contributed by atoms with van der Waals surface area (Å²) in [4.78, 5) is 11.5. The molecule has 2 aliphatic carbocycles. The number of esters is 1. The number of ether oxygens (including phenoxy) is 1. The molecule has 0 aromatic heterocycles. The van der Waals surface area contributed by atoms with E-state index in [1.165, 1.54) is 25.7 Å². The van der Waals surface area contributed by atoms with Crippen LogP contribution in [0, 0.1) is 29.1 Å². The molecule has 112 valence electrons. The number of carbonyl (C=O) groups is 1. The van der Waals surface area contributed by atoms with Gasteiger partial charge in [0.05, 0.1) is 6.07 Å². The molecule has 0 unspecified atom stereocenters. The van der Waals surface area contributed by atoms with Gasteiger partial charge in [0.2, 0.25) is 0 Å². The molecule has 2 rings (SSSR count). The normalized spacial score (nSPS) is 34.2. The molecule has 3 nitrogen and oxygen atoms in total. The maximum atomic E-state index is 11.5. The van der Waals surface area contributed by atoms with Crippen LogP contribution in [0.1, 0.15) is 71.1 Å². The van der Waals surface area contributed by atoms with Crippen molar-refractivity contribution in [2.75, 3.05) is 0 Å². The first-order valence-corrected chi connectivity index (χ1v) is 8.32. The van der Waals surface area contributed by atoms with Gasteiger partial charge in [-0.1, -0.05) is 6.92 Å². The Bertz CT molecular complexity index is 344. The van der Waals surface area contributed by atoms with Gasteiger partial charge in [-0.3, -0.25) is 4.79 Å². The van der Waals surface area contributed by atoms with E-state index in [0.717, 1.165) is 43.9 Å². The zero-order valence-electron chi connectivity index (χ0n) is 12.6. The lowest BCUT2D eigenvalue weighted by Crippen LogP contribution is -2.29. The molecular weight excluding hydrogens is 250 g/mol. The van der Waals surface area contributed by atoms with E-state index in [9.17, 15) is 4.79 Å². The Hall–Kier alpha value is -1.04. The molecule has 20 heavy (non-hydrogen) atoms. The van der Waals surface area contributed by atoms with Gasteiger partial charge in [0.25, 0.3) is 0 Å². The Labute approximate surface area is 122 Å². The van der Waals surface area contributed by atoms with Crippen LogP contribution in [0.15, 0.2) is 0 Å². The summed E-state index contributed by atoms with van der Waals surface area (Å²) in [5.74, 6) is 1.89. The predicted molar refractivity (Wildman–Crippen MR) is 77.8 cm³/mol. The molecule has 0 amide bonds. The van der Waals surface area contributed by atoms with Gasteiger partial charge in [-0.25, -0.2) is 0 Å². The van der Waals surface area contributed by atoms with Crippen LogP contribution in [0.4, 0.5) is 0 Å². The highest BCUT2D eigenvalue weighted by atomic mass is 16.5. The SMILES string of the molecule is CCCC(=O)OC1CCC(C2CCC(C#N)CC2)CC1. The van der Waals surface area contributed by atoms with E-state index in [1.54, 1.807) is 0 Å². The second-order valence-corrected chi connectivity index (χ2v) is 6.52. The van der Waals surface area contributed by atoms with Crippen LogP contribution in [-0.2, 0) is 9.53 Å². The molecule has 0 heterocycles. The molecule has 0 radical (unpaired) electrons. The van der Waals surface area contributed by atoms with Crippen LogP contribution in [0.25, 0.3) is 0 Å². The molecule has 0 saturated heterocycles. The number of hydrogen-bond acceptors (Lipinski definition) is 3. The second-order valence-electron chi connectivity index (χ2n) is 6.52. The van der Waals surface area contributed by atoms with E-state index in [1.807, 2.05) is 6.92 Å². The standard InChI is InChI=1S/C17H27NO2/c1-2-3-17(19)20-16-10-8-15(9-11-16)14-6-4-13(12-18)5-7-14/h13-16H,2-11H2,1H3. The number of carbonyl (C=O) groups excluding carboxylic acids is 1. The maximum absolute atomic E-state index is 11.5. The first-order chi connectivity index (χ1) is 9.72. The molecule has 0 bridgehead atoms. The van der Waals surface area contributed by atoms with Crippen LogP contribution in [0.2, 0.25) is 0 Å². The Morgan fingerprint density at radius 1 is 1.05 bits per heavy atom. The lowest BCUT2D eigenvalue weighted by molar-refractivity contribution is -0.151. The fraction of sp³-hybridized carbons (Fsp3) is 0.882. The maximum Gasteiger partial charge on any atom is 0.306 e. The first kappa shape index (κ1) is 15.4. The summed E-state index contributed by atoms with van der Waals surface area (Å²) in [5.41, 5.74) is 0. The van der Waals surface area contributed by atoms with Gasteiger partial charge in [0, 0.05) is 12.3 Å². The van der Waals surface area contributed by atoms with Crippen LogP contribution >= 0.6 is 0 Å². The van der Waals surface area contributed by atoms with Crippen LogP contribution < -0.4 is 0 Å². The van der Waals surface area contributed by atoms with Crippen molar-refractivity contribution < 1.29 is 9.53 Å². The van der Waals surface area contributed by atoms with E-state index in [0.29, 0.717) is 12.3 Å². The molecule has 2 saturated carbocycles. The number of rotatable bonds is 4. The lowest BCUT2D eigenvalue weighted by Gasteiger charge is -2.36. The Balaban J connectivity index is 1.69. The quantitative estimate of drug-likeness (QED) is 0.723. The zero-order chi connectivity index (χ0) is 14.4. The third-order valence-corrected chi connectivity index (χ3v) is 5.09. The molecule has 3 heteroatoms. The summed E-state index contributed by atoms with van der Waals surface area (Å²) in [6, 6.07) is 2.41. The fourth-order valence-electron chi connectivity index (χ4n) is 3.85. The molecule has 2 aliphatic rings. The Morgan fingerprint density at radius 2 is 1.60 bits per heavy atom. The molecule has 0 aromatic carbocycles. The van der Waals surface area contributed by atoms with Crippen molar-refractivity contribution in [2.24, 2.45) is 17.8 Å². The van der Waals surface area contributed by atoms with Gasteiger partial charge in [-0.2, -0.15) is 5.26 Å². The molecular formula is C17H27NO2. The van der Waals surface area contributed by atoms with E-state index >= 15 is 0 Å². The van der Waals surface area contributed by atoms with Gasteiger partial charge in [0.1, 0.15) is 6.10 Å². The van der Waals surface area contributed by atoms with E-state index in [-0.39, 0.29) is 12.1 Å². The summed E-state index contributed by atoms with van der Waals surface area (Å²) in [6.45, 7) is 2.01. The summed E-state index contributed by atoms with van der Waals surface area (Å²) < 4.78 is 5.52. The third kappa shape index (κ3) is 4.23. The van der Waals surface area contributed by atoms with Crippen LogP contribution in [-0.4, -0.2) is 12.1 Å². The highest BCUT2D eigenvalue weighted by molar-refractivity contribution is 5.69. The minimum atomic E-state index is -0.0227. The minimum Gasteiger partial charge on any atom is -0.462 e. The smallest absolute Gasteiger partial charge is 0.306 e. The average molecular weight is 277 g/mol. The van der Waals surface area contributed by atoms with Crippen molar-refractivity contribution >= 4 is 5.97 Å². The molecule has 0 atom stereocenters. The van der Waals surface area contributed by atoms with Crippen LogP contribution in [0.5, 0.6) is 0 Å². The largest absolute Gasteiger partial charge is 0.462 e. The lowest BCUT2D eigenvalue weighted by atomic mass is 9.71. The van der Waals surface area contributed by atoms with Gasteiger partial charge in [0.15, 0.2) is 0 Å². The van der Waals surface area contributed by atoms with Gasteiger partial charge in [-0.15, -0.1) is 0 Å². The van der Waals surface area contributed by atoms with Crippen LogP contribution in [0.3, 0.4) is 0 Å². The monoisotopic (exact) mass is 277 g/mol. The van der Waals surface area contributed by atoms with E-state index in [4.69, 9.17) is 10.00 Å². The van der Waals surface area contributed by atoms with E-state index in [2.05, 4.69) is 6.07 Å². The minimum absolute atomic E-state index is 0.0227. The molecule has 0 aromatic rings. The van der Waals surface area contributed by atoms with Gasteiger partial charge < -0.3 is 4.74 Å². The topological polar surface area (TPSA) is 50.1 Å². The summed E-state index contributed by atoms with van der Waals surface area (Å²) in [7, 11) is 0. The first-order valence-electron chi connectivity index (χ1n) is 8.32. The number of nitriles is 1. The number of hydrogen-bond donors (Lipinski definition) is 0. The third-order valence-electron chi connectivity index (χ3n) is 5.09. The summed E-state index contributed by atoms with van der Waals surface area (Å²) in [5, 5.41) is 8.95. The number of nitrogens with zero attached hydrogens (tertiary/aromatic N) is 1. The fourth-order valence-corrected chi connectivity index (χ4v) is 3.85. The van der Waals surface area contributed by atoms with Crippen molar-refractivity contribution in [1.29, 1.82) is 5.26 Å². The van der Waals surface area contributed by atoms with Crippen molar-refractivity contribution in [3.8, 4) is 6.07 Å². The molecule has 2 fully saturated rings. The summed E-state index contributed by atoms with van der Waals surface area (Å²) in [6.07, 6.45) is 10.7. The predicted octanol–water partition coefficient (Wildman–Crippen LogP) is 4.22. The summed E-state index contributed by atoms with van der Waals surface area (Å²) >= 11 is 0. The average Bonchev–Trinajstić information content (AvgIpc) is 2.48. The molecule has 0 N–H and O–H groups in total. The molecule has 0 spiro atoms. The van der Waals surface area contributed by atoms with Gasteiger partial charge >= 0.3 is 5.97 Å².